The first kappa shape index (κ1) is 9.25. The highest BCUT2D eigenvalue weighted by Crippen LogP contribution is 2.08. The van der Waals surface area contributed by atoms with E-state index in [4.69, 9.17) is 21.3 Å². The van der Waals surface area contributed by atoms with Crippen LogP contribution in [0.2, 0.25) is 0 Å². The second-order valence-corrected chi connectivity index (χ2v) is 2.66. The van der Waals surface area contributed by atoms with Crippen LogP contribution in [0, 0.1) is 0 Å². The molecule has 0 saturated heterocycles. The fourth-order valence-electron chi connectivity index (χ4n) is 1.06. The van der Waals surface area contributed by atoms with E-state index in [0.717, 1.165) is 0 Å². The van der Waals surface area contributed by atoms with Crippen molar-refractivity contribution in [1.29, 1.82) is 0 Å². The van der Waals surface area contributed by atoms with Crippen molar-refractivity contribution in [2.75, 3.05) is 13.2 Å². The third kappa shape index (κ3) is 2.34. The molecule has 4 nitrogen and oxygen atoms in total. The lowest BCUT2D eigenvalue weighted by Crippen LogP contribution is -2.36. The van der Waals surface area contributed by atoms with Gasteiger partial charge in [0.2, 0.25) is 0 Å². The molecular formula is C8H14N2O2. The van der Waals surface area contributed by atoms with Gasteiger partial charge in [0, 0.05) is 5.70 Å². The molecule has 5 N–H and O–H groups in total. The van der Waals surface area contributed by atoms with Crippen LogP contribution in [0.1, 0.15) is 0 Å². The number of rotatable bonds is 3. The quantitative estimate of drug-likeness (QED) is 0.513. The maximum atomic E-state index is 8.51. The Morgan fingerprint density at radius 2 is 2.33 bits per heavy atom. The number of hydrogen-bond donors (Lipinski definition) is 3. The Bertz CT molecular complexity index is 201. The van der Waals surface area contributed by atoms with Gasteiger partial charge in [0.05, 0.1) is 25.4 Å². The number of aliphatic hydroxyl groups excluding tert-OH is 1. The van der Waals surface area contributed by atoms with E-state index in [0.29, 0.717) is 12.3 Å². The van der Waals surface area contributed by atoms with Gasteiger partial charge in [0.1, 0.15) is 0 Å². The van der Waals surface area contributed by atoms with E-state index in [9.17, 15) is 0 Å². The van der Waals surface area contributed by atoms with Crippen molar-refractivity contribution in [3.05, 3.63) is 23.9 Å². The van der Waals surface area contributed by atoms with Crippen molar-refractivity contribution in [3.63, 3.8) is 0 Å². The molecule has 0 heterocycles. The third-order valence-corrected chi connectivity index (χ3v) is 1.64. The molecule has 0 spiro atoms. The van der Waals surface area contributed by atoms with Crippen LogP contribution < -0.4 is 11.5 Å². The lowest BCUT2D eigenvalue weighted by atomic mass is 10.1. The lowest BCUT2D eigenvalue weighted by Gasteiger charge is -2.21. The Morgan fingerprint density at radius 1 is 1.58 bits per heavy atom. The molecule has 68 valence electrons. The average molecular weight is 170 g/mol. The van der Waals surface area contributed by atoms with Crippen molar-refractivity contribution in [1.82, 2.24) is 0 Å². The second kappa shape index (κ2) is 4.25. The minimum atomic E-state index is -0.207. The molecule has 2 unspecified atom stereocenters. The predicted octanol–water partition coefficient (Wildman–Crippen LogP) is -0.896. The Labute approximate surface area is 71.5 Å². The summed E-state index contributed by atoms with van der Waals surface area (Å²) in [4.78, 5) is 0. The van der Waals surface area contributed by atoms with E-state index < -0.39 is 0 Å². The summed E-state index contributed by atoms with van der Waals surface area (Å²) in [6, 6.07) is -0.207. The SMILES string of the molecule is NC1=CC(N)C(OCCO)C=C1. The van der Waals surface area contributed by atoms with E-state index in [-0.39, 0.29) is 18.8 Å². The minimum Gasteiger partial charge on any atom is -0.399 e. The van der Waals surface area contributed by atoms with Crippen molar-refractivity contribution >= 4 is 0 Å². The van der Waals surface area contributed by atoms with Crippen LogP contribution in [-0.2, 0) is 4.74 Å². The molecular weight excluding hydrogens is 156 g/mol. The molecule has 1 rings (SSSR count). The smallest absolute Gasteiger partial charge is 0.0948 e. The molecule has 2 atom stereocenters. The zero-order valence-electron chi connectivity index (χ0n) is 6.81. The molecule has 0 aromatic carbocycles. The van der Waals surface area contributed by atoms with Crippen molar-refractivity contribution in [2.45, 2.75) is 12.1 Å². The molecule has 1 aliphatic carbocycles. The molecule has 0 aliphatic heterocycles. The standard InChI is InChI=1S/C8H14N2O2/c9-6-1-2-8(7(10)5-6)12-4-3-11/h1-2,5,7-8,11H,3-4,9-10H2. The van der Waals surface area contributed by atoms with Crippen LogP contribution in [-0.4, -0.2) is 30.5 Å². The molecule has 4 heteroatoms. The van der Waals surface area contributed by atoms with Crippen molar-refractivity contribution in [2.24, 2.45) is 11.5 Å². The molecule has 0 saturated carbocycles. The Kier molecular flexibility index (Phi) is 3.28. The van der Waals surface area contributed by atoms with E-state index in [1.165, 1.54) is 0 Å². The Balaban J connectivity index is 2.43. The molecule has 12 heavy (non-hydrogen) atoms. The van der Waals surface area contributed by atoms with Crippen LogP contribution in [0.25, 0.3) is 0 Å². The van der Waals surface area contributed by atoms with Crippen molar-refractivity contribution < 1.29 is 9.84 Å². The fraction of sp³-hybridized carbons (Fsp3) is 0.500. The van der Waals surface area contributed by atoms with Gasteiger partial charge in [-0.15, -0.1) is 0 Å². The summed E-state index contributed by atoms with van der Waals surface area (Å²) >= 11 is 0. The van der Waals surface area contributed by atoms with Gasteiger partial charge in [0.25, 0.3) is 0 Å². The molecule has 0 bridgehead atoms. The molecule has 0 aromatic rings. The first-order valence-corrected chi connectivity index (χ1v) is 3.87. The maximum absolute atomic E-state index is 8.51. The third-order valence-electron chi connectivity index (χ3n) is 1.64. The monoisotopic (exact) mass is 170 g/mol. The van der Waals surface area contributed by atoms with E-state index in [1.807, 2.05) is 0 Å². The molecule has 0 amide bonds. The summed E-state index contributed by atoms with van der Waals surface area (Å²) < 4.78 is 5.23. The van der Waals surface area contributed by atoms with Gasteiger partial charge in [-0.1, -0.05) is 6.08 Å². The van der Waals surface area contributed by atoms with Crippen molar-refractivity contribution in [3.8, 4) is 0 Å². The first-order valence-electron chi connectivity index (χ1n) is 3.87. The minimum absolute atomic E-state index is 0.0102. The van der Waals surface area contributed by atoms with Crippen LogP contribution in [0.4, 0.5) is 0 Å². The van der Waals surface area contributed by atoms with Crippen LogP contribution in [0.3, 0.4) is 0 Å². The van der Waals surface area contributed by atoms with Gasteiger partial charge in [-0.05, 0) is 12.2 Å². The molecule has 0 radical (unpaired) electrons. The summed E-state index contributed by atoms with van der Waals surface area (Å²) in [5.41, 5.74) is 11.9. The van der Waals surface area contributed by atoms with Gasteiger partial charge in [-0.2, -0.15) is 0 Å². The van der Waals surface area contributed by atoms with E-state index in [1.54, 1.807) is 18.2 Å². The Hall–Kier alpha value is -0.840. The van der Waals surface area contributed by atoms with Crippen LogP contribution in [0.5, 0.6) is 0 Å². The normalized spacial score (nSPS) is 28.7. The van der Waals surface area contributed by atoms with Crippen LogP contribution in [0.15, 0.2) is 23.9 Å². The molecule has 0 fully saturated rings. The van der Waals surface area contributed by atoms with Gasteiger partial charge in [-0.25, -0.2) is 0 Å². The highest BCUT2D eigenvalue weighted by atomic mass is 16.5. The highest BCUT2D eigenvalue weighted by molar-refractivity contribution is 5.25. The summed E-state index contributed by atoms with van der Waals surface area (Å²) in [6.07, 6.45) is 5.13. The summed E-state index contributed by atoms with van der Waals surface area (Å²) in [5, 5.41) is 8.51. The number of nitrogens with two attached hydrogens (primary N) is 2. The van der Waals surface area contributed by atoms with E-state index >= 15 is 0 Å². The van der Waals surface area contributed by atoms with Gasteiger partial charge < -0.3 is 21.3 Å². The van der Waals surface area contributed by atoms with Gasteiger partial charge in [0.15, 0.2) is 0 Å². The number of hydrogen-bond acceptors (Lipinski definition) is 4. The average Bonchev–Trinajstić information content (AvgIpc) is 2.03. The van der Waals surface area contributed by atoms with E-state index in [2.05, 4.69) is 0 Å². The van der Waals surface area contributed by atoms with Crippen LogP contribution >= 0.6 is 0 Å². The number of aliphatic hydroxyl groups is 1. The first-order chi connectivity index (χ1) is 5.74. The van der Waals surface area contributed by atoms with Gasteiger partial charge >= 0.3 is 0 Å². The Morgan fingerprint density at radius 3 is 2.92 bits per heavy atom. The summed E-state index contributed by atoms with van der Waals surface area (Å²) in [5.74, 6) is 0. The fourth-order valence-corrected chi connectivity index (χ4v) is 1.06. The lowest BCUT2D eigenvalue weighted by molar-refractivity contribution is 0.0477. The summed E-state index contributed by atoms with van der Waals surface area (Å²) in [7, 11) is 0. The van der Waals surface area contributed by atoms with Gasteiger partial charge in [-0.3, -0.25) is 0 Å². The zero-order valence-corrected chi connectivity index (χ0v) is 6.81. The largest absolute Gasteiger partial charge is 0.399 e. The topological polar surface area (TPSA) is 81.5 Å². The zero-order chi connectivity index (χ0) is 8.97. The predicted molar refractivity (Wildman–Crippen MR) is 46.2 cm³/mol. The maximum Gasteiger partial charge on any atom is 0.0948 e. The molecule has 0 aromatic heterocycles. The summed E-state index contributed by atoms with van der Waals surface area (Å²) in [6.45, 7) is 0.312. The number of ether oxygens (including phenoxy) is 1. The molecule has 1 aliphatic rings. The second-order valence-electron chi connectivity index (χ2n) is 2.66. The number of allylic oxidation sites excluding steroid dienone is 1. The highest BCUT2D eigenvalue weighted by Gasteiger charge is 2.16.